The molecule has 0 spiro atoms. The fourth-order valence-electron chi connectivity index (χ4n) is 1.79. The van der Waals surface area contributed by atoms with E-state index in [0.29, 0.717) is 0 Å². The second kappa shape index (κ2) is 6.19. The molecule has 3 aromatic rings. The van der Waals surface area contributed by atoms with Crippen molar-refractivity contribution in [2.75, 3.05) is 5.43 Å². The largest absolute Gasteiger partial charge is 0.508 e. The summed E-state index contributed by atoms with van der Waals surface area (Å²) in [5.74, 6) is 0.250. The van der Waals surface area contributed by atoms with Gasteiger partial charge in [0.1, 0.15) is 5.75 Å². The van der Waals surface area contributed by atoms with E-state index < -0.39 is 0 Å². The van der Waals surface area contributed by atoms with E-state index in [1.165, 1.54) is 11.3 Å². The highest BCUT2D eigenvalue weighted by Crippen LogP contribution is 2.26. The van der Waals surface area contributed by atoms with Gasteiger partial charge in [-0.2, -0.15) is 5.10 Å². The first-order valence-electron chi connectivity index (χ1n) is 6.40. The second-order valence-electron chi connectivity index (χ2n) is 4.37. The summed E-state index contributed by atoms with van der Waals surface area (Å²) in [6.45, 7) is 0. The minimum Gasteiger partial charge on any atom is -0.508 e. The summed E-state index contributed by atoms with van der Waals surface area (Å²) in [7, 11) is 0. The van der Waals surface area contributed by atoms with Gasteiger partial charge in [0.05, 0.1) is 11.9 Å². The van der Waals surface area contributed by atoms with Crippen molar-refractivity contribution in [1.82, 2.24) is 4.98 Å². The van der Waals surface area contributed by atoms with E-state index in [1.54, 1.807) is 18.3 Å². The number of phenolic OH excluding ortho intramolecular Hbond substituents is 1. The van der Waals surface area contributed by atoms with Crippen LogP contribution >= 0.6 is 11.3 Å². The highest BCUT2D eigenvalue weighted by Gasteiger charge is 2.03. The molecule has 5 heteroatoms. The molecule has 2 aromatic carbocycles. The number of hydrogen-bond donors (Lipinski definition) is 2. The van der Waals surface area contributed by atoms with E-state index in [4.69, 9.17) is 0 Å². The molecule has 3 rings (SSSR count). The summed E-state index contributed by atoms with van der Waals surface area (Å²) in [6.07, 6.45) is 1.75. The smallest absolute Gasteiger partial charge is 0.203 e. The van der Waals surface area contributed by atoms with Crippen molar-refractivity contribution in [1.29, 1.82) is 0 Å². The maximum Gasteiger partial charge on any atom is 0.203 e. The van der Waals surface area contributed by atoms with Crippen LogP contribution in [-0.4, -0.2) is 16.3 Å². The third kappa shape index (κ3) is 3.46. The molecule has 1 heterocycles. The van der Waals surface area contributed by atoms with Gasteiger partial charge in [-0.15, -0.1) is 11.3 Å². The van der Waals surface area contributed by atoms with Gasteiger partial charge >= 0.3 is 0 Å². The minimum absolute atomic E-state index is 0.250. The fraction of sp³-hybridized carbons (Fsp3) is 0. The average Bonchev–Trinajstić information content (AvgIpc) is 2.98. The maximum absolute atomic E-state index is 9.28. The standard InChI is InChI=1S/C16H13N3OS/c20-14-8-6-13(7-9-14)15-11-21-16(18-15)19-17-10-12-4-2-1-3-5-12/h1-11,20H,(H,18,19)/b17-10+. The highest BCUT2D eigenvalue weighted by atomic mass is 32.1. The zero-order valence-corrected chi connectivity index (χ0v) is 11.9. The molecular weight excluding hydrogens is 282 g/mol. The number of rotatable bonds is 4. The fourth-order valence-corrected chi connectivity index (χ4v) is 2.46. The molecule has 0 fully saturated rings. The van der Waals surface area contributed by atoms with Crippen molar-refractivity contribution < 1.29 is 5.11 Å². The van der Waals surface area contributed by atoms with Gasteiger partial charge in [0.25, 0.3) is 0 Å². The number of aromatic hydroxyl groups is 1. The molecule has 4 nitrogen and oxygen atoms in total. The van der Waals surface area contributed by atoms with Gasteiger partial charge in [-0.25, -0.2) is 4.98 Å². The summed E-state index contributed by atoms with van der Waals surface area (Å²) < 4.78 is 0. The van der Waals surface area contributed by atoms with Crippen LogP contribution in [0.4, 0.5) is 5.13 Å². The van der Waals surface area contributed by atoms with Crippen molar-refractivity contribution in [3.05, 3.63) is 65.5 Å². The molecule has 0 unspecified atom stereocenters. The quantitative estimate of drug-likeness (QED) is 0.566. The third-order valence-electron chi connectivity index (χ3n) is 2.84. The SMILES string of the molecule is Oc1ccc(-c2csc(N/N=C/c3ccccc3)n2)cc1. The molecule has 104 valence electrons. The molecule has 0 aliphatic heterocycles. The van der Waals surface area contributed by atoms with Gasteiger partial charge in [0.2, 0.25) is 5.13 Å². The number of nitrogens with zero attached hydrogens (tertiary/aromatic N) is 2. The first-order chi connectivity index (χ1) is 10.3. The Balaban J connectivity index is 1.68. The van der Waals surface area contributed by atoms with E-state index >= 15 is 0 Å². The molecule has 0 atom stereocenters. The predicted octanol–water partition coefficient (Wildman–Crippen LogP) is 3.96. The molecule has 21 heavy (non-hydrogen) atoms. The average molecular weight is 295 g/mol. The lowest BCUT2D eigenvalue weighted by Crippen LogP contribution is -1.89. The van der Waals surface area contributed by atoms with E-state index in [0.717, 1.165) is 22.0 Å². The molecular formula is C16H13N3OS. The Kier molecular flexibility index (Phi) is 3.93. The number of hydrogen-bond acceptors (Lipinski definition) is 5. The van der Waals surface area contributed by atoms with Gasteiger partial charge in [-0.05, 0) is 29.8 Å². The molecule has 0 bridgehead atoms. The summed E-state index contributed by atoms with van der Waals surface area (Å²) in [6, 6.07) is 16.8. The lowest BCUT2D eigenvalue weighted by Gasteiger charge is -1.97. The van der Waals surface area contributed by atoms with Crippen LogP contribution in [0.1, 0.15) is 5.56 Å². The van der Waals surface area contributed by atoms with Crippen LogP contribution in [0.3, 0.4) is 0 Å². The summed E-state index contributed by atoms with van der Waals surface area (Å²) in [5, 5.41) is 16.1. The zero-order valence-electron chi connectivity index (χ0n) is 11.1. The Morgan fingerprint density at radius 1 is 1.05 bits per heavy atom. The summed E-state index contributed by atoms with van der Waals surface area (Å²) in [5.41, 5.74) is 5.77. The Morgan fingerprint density at radius 2 is 1.81 bits per heavy atom. The normalized spacial score (nSPS) is 10.9. The van der Waals surface area contributed by atoms with Crippen LogP contribution < -0.4 is 5.43 Å². The first-order valence-corrected chi connectivity index (χ1v) is 7.28. The van der Waals surface area contributed by atoms with Crippen LogP contribution in [0.25, 0.3) is 11.3 Å². The number of anilines is 1. The van der Waals surface area contributed by atoms with Gasteiger partial charge in [0, 0.05) is 10.9 Å². The number of benzene rings is 2. The minimum atomic E-state index is 0.250. The molecule has 1 aromatic heterocycles. The molecule has 0 saturated heterocycles. The van der Waals surface area contributed by atoms with Crippen molar-refractivity contribution >= 4 is 22.7 Å². The Hall–Kier alpha value is -2.66. The lowest BCUT2D eigenvalue weighted by molar-refractivity contribution is 0.475. The molecule has 0 amide bonds. The number of thiazole rings is 1. The zero-order chi connectivity index (χ0) is 14.5. The van der Waals surface area contributed by atoms with Crippen molar-refractivity contribution in [2.24, 2.45) is 5.10 Å². The van der Waals surface area contributed by atoms with Gasteiger partial charge in [-0.1, -0.05) is 30.3 Å². The van der Waals surface area contributed by atoms with Gasteiger partial charge < -0.3 is 5.11 Å². The van der Waals surface area contributed by atoms with Crippen LogP contribution in [0.2, 0.25) is 0 Å². The lowest BCUT2D eigenvalue weighted by atomic mass is 10.2. The van der Waals surface area contributed by atoms with E-state index in [2.05, 4.69) is 15.5 Å². The van der Waals surface area contributed by atoms with Crippen LogP contribution in [0, 0.1) is 0 Å². The second-order valence-corrected chi connectivity index (χ2v) is 5.22. The number of nitrogens with one attached hydrogen (secondary N) is 1. The van der Waals surface area contributed by atoms with Crippen molar-refractivity contribution in [3.8, 4) is 17.0 Å². The monoisotopic (exact) mass is 295 g/mol. The molecule has 0 aliphatic rings. The number of hydrazone groups is 1. The molecule has 0 radical (unpaired) electrons. The van der Waals surface area contributed by atoms with E-state index in [1.807, 2.05) is 47.8 Å². The van der Waals surface area contributed by atoms with Gasteiger partial charge in [0.15, 0.2) is 0 Å². The molecule has 2 N–H and O–H groups in total. The Morgan fingerprint density at radius 3 is 2.57 bits per heavy atom. The first kappa shape index (κ1) is 13.3. The summed E-state index contributed by atoms with van der Waals surface area (Å²) >= 11 is 1.49. The van der Waals surface area contributed by atoms with E-state index in [9.17, 15) is 5.11 Å². The Labute approximate surface area is 126 Å². The maximum atomic E-state index is 9.28. The van der Waals surface area contributed by atoms with Gasteiger partial charge in [-0.3, -0.25) is 5.43 Å². The third-order valence-corrected chi connectivity index (χ3v) is 3.59. The molecule has 0 saturated carbocycles. The van der Waals surface area contributed by atoms with E-state index in [-0.39, 0.29) is 5.75 Å². The Bertz CT molecular complexity index is 736. The number of aromatic nitrogens is 1. The topological polar surface area (TPSA) is 57.5 Å². The van der Waals surface area contributed by atoms with Crippen molar-refractivity contribution in [3.63, 3.8) is 0 Å². The predicted molar refractivity (Wildman–Crippen MR) is 86.9 cm³/mol. The van der Waals surface area contributed by atoms with Crippen LogP contribution in [0.5, 0.6) is 5.75 Å². The molecule has 0 aliphatic carbocycles. The number of phenols is 1. The van der Waals surface area contributed by atoms with Crippen LogP contribution in [-0.2, 0) is 0 Å². The van der Waals surface area contributed by atoms with Crippen LogP contribution in [0.15, 0.2) is 65.1 Å². The highest BCUT2D eigenvalue weighted by molar-refractivity contribution is 7.14. The van der Waals surface area contributed by atoms with Crippen molar-refractivity contribution in [2.45, 2.75) is 0 Å². The summed E-state index contributed by atoms with van der Waals surface area (Å²) in [4.78, 5) is 4.45.